The van der Waals surface area contributed by atoms with Crippen LogP contribution in [0.15, 0.2) is 23.1 Å². The van der Waals surface area contributed by atoms with Crippen LogP contribution in [-0.2, 0) is 14.8 Å². The molecule has 0 spiro atoms. The van der Waals surface area contributed by atoms with Crippen molar-refractivity contribution in [2.45, 2.75) is 30.4 Å². The Kier molecular flexibility index (Phi) is 4.06. The van der Waals surface area contributed by atoms with Gasteiger partial charge in [0.05, 0.1) is 11.0 Å². The van der Waals surface area contributed by atoms with E-state index in [4.69, 9.17) is 16.7 Å². The van der Waals surface area contributed by atoms with Crippen LogP contribution in [-0.4, -0.2) is 47.6 Å². The van der Waals surface area contributed by atoms with Crippen LogP contribution in [0.25, 0.3) is 0 Å². The van der Waals surface area contributed by atoms with Crippen LogP contribution < -0.4 is 0 Å². The Morgan fingerprint density at radius 2 is 2.10 bits per heavy atom. The standard InChI is InChI=1S/C12H14ClNO5S/c1-7-4-8(13)2-3-11(7)20(18,19)14-6-9(15)5-10(14)12(16)17/h2-4,9-10,15H,5-6H2,1H3,(H,16,17). The highest BCUT2D eigenvalue weighted by molar-refractivity contribution is 7.89. The molecule has 1 fully saturated rings. The molecule has 0 aliphatic carbocycles. The molecule has 110 valence electrons. The zero-order valence-electron chi connectivity index (χ0n) is 10.7. The molecule has 0 saturated carbocycles. The van der Waals surface area contributed by atoms with Crippen molar-refractivity contribution in [3.8, 4) is 0 Å². The van der Waals surface area contributed by atoms with Gasteiger partial charge in [0, 0.05) is 18.0 Å². The summed E-state index contributed by atoms with van der Waals surface area (Å²) in [5, 5.41) is 19.0. The summed E-state index contributed by atoms with van der Waals surface area (Å²) in [5.41, 5.74) is 0.433. The summed E-state index contributed by atoms with van der Waals surface area (Å²) in [6.07, 6.45) is -1.08. The molecular formula is C12H14ClNO5S. The number of aliphatic hydroxyl groups excluding tert-OH is 1. The van der Waals surface area contributed by atoms with E-state index in [0.29, 0.717) is 10.6 Å². The van der Waals surface area contributed by atoms with Crippen LogP contribution in [0.5, 0.6) is 0 Å². The van der Waals surface area contributed by atoms with Gasteiger partial charge in [0.2, 0.25) is 10.0 Å². The number of aryl methyl sites for hydroxylation is 1. The topological polar surface area (TPSA) is 94.9 Å². The minimum absolute atomic E-state index is 0.00208. The lowest BCUT2D eigenvalue weighted by atomic mass is 10.2. The lowest BCUT2D eigenvalue weighted by Crippen LogP contribution is -2.40. The summed E-state index contributed by atoms with van der Waals surface area (Å²) in [6, 6.07) is 3.03. The van der Waals surface area contributed by atoms with Crippen LogP contribution in [0.2, 0.25) is 5.02 Å². The minimum Gasteiger partial charge on any atom is -0.480 e. The number of aliphatic hydroxyl groups is 1. The molecule has 0 aromatic heterocycles. The molecule has 1 saturated heterocycles. The molecule has 2 unspecified atom stereocenters. The van der Waals surface area contributed by atoms with Gasteiger partial charge < -0.3 is 10.2 Å². The lowest BCUT2D eigenvalue weighted by Gasteiger charge is -2.21. The fourth-order valence-electron chi connectivity index (χ4n) is 2.30. The van der Waals surface area contributed by atoms with Crippen molar-refractivity contribution in [1.29, 1.82) is 0 Å². The predicted molar refractivity (Wildman–Crippen MR) is 72.1 cm³/mol. The smallest absolute Gasteiger partial charge is 0.322 e. The minimum atomic E-state index is -3.98. The average molecular weight is 320 g/mol. The molecule has 1 heterocycles. The number of benzene rings is 1. The third-order valence-corrected chi connectivity index (χ3v) is 5.51. The first-order valence-electron chi connectivity index (χ1n) is 5.92. The van der Waals surface area contributed by atoms with Gasteiger partial charge in [-0.3, -0.25) is 4.79 Å². The number of carbonyl (C=O) groups is 1. The number of sulfonamides is 1. The van der Waals surface area contributed by atoms with Gasteiger partial charge in [-0.2, -0.15) is 4.31 Å². The molecule has 1 aromatic rings. The molecule has 2 N–H and O–H groups in total. The summed E-state index contributed by atoms with van der Waals surface area (Å²) in [6.45, 7) is 1.36. The summed E-state index contributed by atoms with van der Waals surface area (Å²) < 4.78 is 25.9. The Morgan fingerprint density at radius 3 is 2.65 bits per heavy atom. The van der Waals surface area contributed by atoms with E-state index in [1.807, 2.05) is 0 Å². The van der Waals surface area contributed by atoms with Gasteiger partial charge in [0.1, 0.15) is 6.04 Å². The van der Waals surface area contributed by atoms with Crippen LogP contribution in [0.1, 0.15) is 12.0 Å². The Balaban J connectivity index is 2.46. The molecule has 0 bridgehead atoms. The molecule has 2 rings (SSSR count). The van der Waals surface area contributed by atoms with Gasteiger partial charge >= 0.3 is 5.97 Å². The number of carboxylic acid groups (broad SMARTS) is 1. The van der Waals surface area contributed by atoms with Gasteiger partial charge in [-0.25, -0.2) is 8.42 Å². The third kappa shape index (κ3) is 2.67. The zero-order chi connectivity index (χ0) is 15.1. The maximum atomic E-state index is 12.5. The lowest BCUT2D eigenvalue weighted by molar-refractivity contribution is -0.140. The molecule has 6 nitrogen and oxygen atoms in total. The summed E-state index contributed by atoms with van der Waals surface area (Å²) in [5.74, 6) is -1.27. The van der Waals surface area contributed by atoms with Gasteiger partial charge in [-0.1, -0.05) is 11.6 Å². The zero-order valence-corrected chi connectivity index (χ0v) is 12.2. The Hall–Kier alpha value is -1.15. The second-order valence-corrected chi connectivity index (χ2v) is 7.02. The van der Waals surface area contributed by atoms with Crippen molar-refractivity contribution in [2.24, 2.45) is 0 Å². The maximum absolute atomic E-state index is 12.5. The van der Waals surface area contributed by atoms with E-state index >= 15 is 0 Å². The fourth-order valence-corrected chi connectivity index (χ4v) is 4.37. The molecule has 0 amide bonds. The summed E-state index contributed by atoms with van der Waals surface area (Å²) in [7, 11) is -3.98. The predicted octanol–water partition coefficient (Wildman–Crippen LogP) is 0.857. The van der Waals surface area contributed by atoms with E-state index in [2.05, 4.69) is 0 Å². The first kappa shape index (κ1) is 15.2. The molecular weight excluding hydrogens is 306 g/mol. The number of halogens is 1. The van der Waals surface area contributed by atoms with E-state index in [1.54, 1.807) is 6.92 Å². The molecule has 8 heteroatoms. The van der Waals surface area contributed by atoms with E-state index in [1.165, 1.54) is 18.2 Å². The Morgan fingerprint density at radius 1 is 1.45 bits per heavy atom. The number of β-amino-alcohol motifs (C(OH)–C–C–N with tert-alkyl or cyclic N) is 1. The van der Waals surface area contributed by atoms with Crippen molar-refractivity contribution in [3.63, 3.8) is 0 Å². The van der Waals surface area contributed by atoms with Gasteiger partial charge in [-0.05, 0) is 30.7 Å². The number of hydrogen-bond donors (Lipinski definition) is 2. The highest BCUT2D eigenvalue weighted by Crippen LogP contribution is 2.29. The highest BCUT2D eigenvalue weighted by atomic mass is 35.5. The SMILES string of the molecule is Cc1cc(Cl)ccc1S(=O)(=O)N1CC(O)CC1C(=O)O. The quantitative estimate of drug-likeness (QED) is 0.861. The van der Waals surface area contributed by atoms with Crippen LogP contribution in [0.3, 0.4) is 0 Å². The Bertz CT molecular complexity index is 645. The van der Waals surface area contributed by atoms with Crippen LogP contribution >= 0.6 is 11.6 Å². The molecule has 1 aromatic carbocycles. The molecule has 1 aliphatic heterocycles. The molecule has 1 aliphatic rings. The third-order valence-electron chi connectivity index (χ3n) is 3.24. The fraction of sp³-hybridized carbons (Fsp3) is 0.417. The number of aliphatic carboxylic acids is 1. The van der Waals surface area contributed by atoms with Gasteiger partial charge in [0.25, 0.3) is 0 Å². The van der Waals surface area contributed by atoms with Crippen molar-refractivity contribution >= 4 is 27.6 Å². The van der Waals surface area contributed by atoms with Gasteiger partial charge in [-0.15, -0.1) is 0 Å². The molecule has 0 radical (unpaired) electrons. The maximum Gasteiger partial charge on any atom is 0.322 e. The number of carboxylic acids is 1. The van der Waals surface area contributed by atoms with E-state index in [-0.39, 0.29) is 17.9 Å². The van der Waals surface area contributed by atoms with Crippen molar-refractivity contribution in [3.05, 3.63) is 28.8 Å². The molecule has 20 heavy (non-hydrogen) atoms. The van der Waals surface area contributed by atoms with E-state index < -0.39 is 28.1 Å². The highest BCUT2D eigenvalue weighted by Gasteiger charge is 2.43. The first-order valence-corrected chi connectivity index (χ1v) is 7.74. The van der Waals surface area contributed by atoms with E-state index in [9.17, 15) is 18.3 Å². The number of rotatable bonds is 3. The van der Waals surface area contributed by atoms with Gasteiger partial charge in [0.15, 0.2) is 0 Å². The summed E-state index contributed by atoms with van der Waals surface area (Å²) in [4.78, 5) is 11.1. The van der Waals surface area contributed by atoms with E-state index in [0.717, 1.165) is 4.31 Å². The van der Waals surface area contributed by atoms with Crippen LogP contribution in [0.4, 0.5) is 0 Å². The summed E-state index contributed by atoms with van der Waals surface area (Å²) >= 11 is 5.79. The Labute approximate surface area is 121 Å². The van der Waals surface area contributed by atoms with Crippen molar-refractivity contribution in [2.75, 3.05) is 6.54 Å². The molecule has 2 atom stereocenters. The van der Waals surface area contributed by atoms with Crippen molar-refractivity contribution < 1.29 is 23.4 Å². The largest absolute Gasteiger partial charge is 0.480 e. The van der Waals surface area contributed by atoms with Crippen molar-refractivity contribution in [1.82, 2.24) is 4.31 Å². The van der Waals surface area contributed by atoms with Crippen LogP contribution in [0, 0.1) is 6.92 Å². The number of nitrogens with zero attached hydrogens (tertiary/aromatic N) is 1. The average Bonchev–Trinajstić information content (AvgIpc) is 2.71. The second kappa shape index (κ2) is 5.33. The normalized spacial score (nSPS) is 23.9. The monoisotopic (exact) mass is 319 g/mol. The second-order valence-electron chi connectivity index (χ2n) is 4.73. The first-order chi connectivity index (χ1) is 9.23. The number of hydrogen-bond acceptors (Lipinski definition) is 4.